The molecule has 1 aromatic carbocycles. The molecule has 0 unspecified atom stereocenters. The van der Waals surface area contributed by atoms with Crippen LogP contribution in [0, 0.1) is 17.5 Å². The minimum atomic E-state index is -1.44. The lowest BCUT2D eigenvalue weighted by Gasteiger charge is -2.24. The van der Waals surface area contributed by atoms with E-state index in [-0.39, 0.29) is 6.42 Å². The summed E-state index contributed by atoms with van der Waals surface area (Å²) in [6.45, 7) is 2.87. The highest BCUT2D eigenvalue weighted by molar-refractivity contribution is 5.90. The molecule has 110 valence electrons. The molecule has 3 N–H and O–H groups in total. The highest BCUT2D eigenvalue weighted by atomic mass is 19.2. The van der Waals surface area contributed by atoms with Crippen molar-refractivity contribution in [1.29, 1.82) is 0 Å². The van der Waals surface area contributed by atoms with Crippen molar-refractivity contribution in [3.05, 3.63) is 29.6 Å². The van der Waals surface area contributed by atoms with Crippen molar-refractivity contribution in [1.82, 2.24) is 5.32 Å². The number of hydrogen-bond donors (Lipinski definition) is 3. The Bertz CT molecular complexity index is 547. The summed E-state index contributed by atoms with van der Waals surface area (Å²) < 4.78 is 39.2. The van der Waals surface area contributed by atoms with E-state index in [1.54, 1.807) is 0 Å². The van der Waals surface area contributed by atoms with Crippen LogP contribution in [0.4, 0.5) is 23.7 Å². The van der Waals surface area contributed by atoms with Gasteiger partial charge in [-0.05, 0) is 13.8 Å². The van der Waals surface area contributed by atoms with E-state index >= 15 is 0 Å². The fourth-order valence-electron chi connectivity index (χ4n) is 1.53. The van der Waals surface area contributed by atoms with E-state index in [0.717, 1.165) is 0 Å². The third-order valence-electron chi connectivity index (χ3n) is 2.29. The molecule has 0 spiro atoms. The Morgan fingerprint density at radius 1 is 1.25 bits per heavy atom. The number of anilines is 1. The average molecular weight is 290 g/mol. The molecular weight excluding hydrogens is 277 g/mol. The van der Waals surface area contributed by atoms with Gasteiger partial charge in [-0.2, -0.15) is 0 Å². The lowest BCUT2D eigenvalue weighted by atomic mass is 10.0. The van der Waals surface area contributed by atoms with Gasteiger partial charge >= 0.3 is 12.0 Å². The minimum Gasteiger partial charge on any atom is -0.481 e. The van der Waals surface area contributed by atoms with E-state index < -0.39 is 40.7 Å². The second kappa shape index (κ2) is 5.81. The second-order valence-corrected chi connectivity index (χ2v) is 4.78. The highest BCUT2D eigenvalue weighted by Gasteiger charge is 2.24. The maximum Gasteiger partial charge on any atom is 0.319 e. The van der Waals surface area contributed by atoms with Crippen LogP contribution in [-0.4, -0.2) is 22.6 Å². The van der Waals surface area contributed by atoms with Crippen LogP contribution in [0.15, 0.2) is 12.1 Å². The normalized spacial score (nSPS) is 11.1. The van der Waals surface area contributed by atoms with E-state index in [4.69, 9.17) is 5.11 Å². The molecule has 2 amide bonds. The number of carbonyl (C=O) groups excluding carboxylic acids is 1. The summed E-state index contributed by atoms with van der Waals surface area (Å²) in [7, 11) is 0. The quantitative estimate of drug-likeness (QED) is 0.745. The van der Waals surface area contributed by atoms with Gasteiger partial charge in [0.2, 0.25) is 0 Å². The van der Waals surface area contributed by atoms with E-state index in [9.17, 15) is 22.8 Å². The molecule has 0 radical (unpaired) electrons. The minimum absolute atomic E-state index is 0.340. The molecule has 0 aliphatic heterocycles. The maximum atomic E-state index is 13.3. The monoisotopic (exact) mass is 290 g/mol. The van der Waals surface area contributed by atoms with Crippen LogP contribution in [0.25, 0.3) is 0 Å². The van der Waals surface area contributed by atoms with Crippen molar-refractivity contribution < 1.29 is 27.9 Å². The van der Waals surface area contributed by atoms with Gasteiger partial charge in [0.25, 0.3) is 0 Å². The zero-order chi connectivity index (χ0) is 15.5. The summed E-state index contributed by atoms with van der Waals surface area (Å²) in [5.74, 6) is -5.04. The number of amides is 2. The molecule has 0 aliphatic carbocycles. The number of carbonyl (C=O) groups is 2. The van der Waals surface area contributed by atoms with E-state index in [2.05, 4.69) is 5.32 Å². The molecule has 0 aromatic heterocycles. The summed E-state index contributed by atoms with van der Waals surface area (Å²) in [5.41, 5.74) is -1.79. The Hall–Kier alpha value is -2.25. The first kappa shape index (κ1) is 15.8. The molecule has 0 aliphatic rings. The van der Waals surface area contributed by atoms with Crippen molar-refractivity contribution >= 4 is 17.7 Å². The van der Waals surface area contributed by atoms with Crippen LogP contribution in [0.5, 0.6) is 0 Å². The predicted molar refractivity (Wildman–Crippen MR) is 64.8 cm³/mol. The fraction of sp³-hybridized carbons (Fsp3) is 0.333. The number of aliphatic carboxylic acids is 1. The number of halogens is 3. The van der Waals surface area contributed by atoms with Crippen molar-refractivity contribution in [2.75, 3.05) is 5.32 Å². The molecule has 8 heteroatoms. The zero-order valence-electron chi connectivity index (χ0n) is 10.8. The molecule has 0 fully saturated rings. The van der Waals surface area contributed by atoms with Gasteiger partial charge in [0.05, 0.1) is 12.1 Å². The van der Waals surface area contributed by atoms with Crippen LogP contribution >= 0.6 is 0 Å². The number of rotatable bonds is 4. The molecule has 0 saturated carbocycles. The fourth-order valence-corrected chi connectivity index (χ4v) is 1.53. The number of hydrogen-bond acceptors (Lipinski definition) is 2. The molecule has 20 heavy (non-hydrogen) atoms. The van der Waals surface area contributed by atoms with Gasteiger partial charge in [-0.3, -0.25) is 4.79 Å². The van der Waals surface area contributed by atoms with Crippen LogP contribution in [-0.2, 0) is 4.79 Å². The Labute approximate surface area is 112 Å². The standard InChI is InChI=1S/C12H13F3N2O3/c1-12(2,5-9(18)19)17-11(20)16-8-4-6(13)3-7(14)10(8)15/h3-4H,5H2,1-2H3,(H,18,19)(H2,16,17,20). The predicted octanol–water partition coefficient (Wildman–Crippen LogP) is 2.48. The van der Waals surface area contributed by atoms with Gasteiger partial charge in [0.15, 0.2) is 11.6 Å². The maximum absolute atomic E-state index is 13.3. The van der Waals surface area contributed by atoms with Crippen molar-refractivity contribution in [3.8, 4) is 0 Å². The molecule has 0 atom stereocenters. The highest BCUT2D eigenvalue weighted by Crippen LogP contribution is 2.19. The van der Waals surface area contributed by atoms with Crippen molar-refractivity contribution in [3.63, 3.8) is 0 Å². The topological polar surface area (TPSA) is 78.4 Å². The second-order valence-electron chi connectivity index (χ2n) is 4.78. The van der Waals surface area contributed by atoms with Crippen LogP contribution in [0.1, 0.15) is 20.3 Å². The van der Waals surface area contributed by atoms with Gasteiger partial charge in [0.1, 0.15) is 5.82 Å². The smallest absolute Gasteiger partial charge is 0.319 e. The van der Waals surface area contributed by atoms with Crippen molar-refractivity contribution in [2.24, 2.45) is 0 Å². The Balaban J connectivity index is 2.79. The van der Waals surface area contributed by atoms with Crippen LogP contribution in [0.2, 0.25) is 0 Å². The molecule has 0 saturated heterocycles. The molecule has 0 bridgehead atoms. The molecular formula is C12H13F3N2O3. The SMILES string of the molecule is CC(C)(CC(=O)O)NC(=O)Nc1cc(F)cc(F)c1F. The summed E-state index contributed by atoms with van der Waals surface area (Å²) in [6, 6.07) is -0.0187. The van der Waals surface area contributed by atoms with Crippen LogP contribution < -0.4 is 10.6 Å². The first-order valence-electron chi connectivity index (χ1n) is 5.56. The Morgan fingerprint density at radius 3 is 2.40 bits per heavy atom. The number of benzene rings is 1. The number of carboxylic acid groups (broad SMARTS) is 1. The molecule has 1 rings (SSSR count). The van der Waals surface area contributed by atoms with Gasteiger partial charge in [-0.15, -0.1) is 0 Å². The summed E-state index contributed by atoms with van der Waals surface area (Å²) in [5, 5.41) is 12.8. The largest absolute Gasteiger partial charge is 0.481 e. The molecule has 1 aromatic rings. The van der Waals surface area contributed by atoms with Gasteiger partial charge < -0.3 is 15.7 Å². The summed E-state index contributed by atoms with van der Waals surface area (Å²) in [6.07, 6.45) is -0.375. The number of urea groups is 1. The van der Waals surface area contributed by atoms with Gasteiger partial charge in [0, 0.05) is 17.7 Å². The van der Waals surface area contributed by atoms with E-state index in [1.807, 2.05) is 5.32 Å². The third-order valence-corrected chi connectivity index (χ3v) is 2.29. The zero-order valence-corrected chi connectivity index (χ0v) is 10.8. The molecule has 0 heterocycles. The summed E-state index contributed by atoms with van der Waals surface area (Å²) >= 11 is 0. The number of carboxylic acids is 1. The Kier molecular flexibility index (Phi) is 4.59. The van der Waals surface area contributed by atoms with E-state index in [1.165, 1.54) is 13.8 Å². The van der Waals surface area contributed by atoms with Gasteiger partial charge in [-0.1, -0.05) is 0 Å². The lowest BCUT2D eigenvalue weighted by molar-refractivity contribution is -0.138. The van der Waals surface area contributed by atoms with Crippen molar-refractivity contribution in [2.45, 2.75) is 25.8 Å². The summed E-state index contributed by atoms with van der Waals surface area (Å²) in [4.78, 5) is 22.1. The third kappa shape index (κ3) is 4.45. The van der Waals surface area contributed by atoms with Gasteiger partial charge in [-0.25, -0.2) is 18.0 Å². The number of nitrogens with one attached hydrogen (secondary N) is 2. The van der Waals surface area contributed by atoms with Crippen LogP contribution in [0.3, 0.4) is 0 Å². The Morgan fingerprint density at radius 2 is 1.85 bits per heavy atom. The first-order valence-corrected chi connectivity index (χ1v) is 5.56. The lowest BCUT2D eigenvalue weighted by Crippen LogP contribution is -2.47. The average Bonchev–Trinajstić information content (AvgIpc) is 2.21. The molecule has 5 nitrogen and oxygen atoms in total. The van der Waals surface area contributed by atoms with E-state index in [0.29, 0.717) is 12.1 Å². The first-order chi connectivity index (χ1) is 9.10.